The van der Waals surface area contributed by atoms with Crippen LogP contribution in [0, 0.1) is 17.7 Å². The highest BCUT2D eigenvalue weighted by molar-refractivity contribution is 6.07. The molecule has 12 heteroatoms. The Morgan fingerprint density at radius 2 is 1.75 bits per heavy atom. The molecule has 0 bridgehead atoms. The second kappa shape index (κ2) is 25.3. The van der Waals surface area contributed by atoms with Crippen LogP contribution in [-0.2, 0) is 11.2 Å². The first-order chi connectivity index (χ1) is 25.8. The summed E-state index contributed by atoms with van der Waals surface area (Å²) in [6.45, 7) is 6.41. The van der Waals surface area contributed by atoms with Crippen molar-refractivity contribution in [2.24, 2.45) is 16.9 Å². The van der Waals surface area contributed by atoms with Gasteiger partial charge >= 0.3 is 0 Å². The van der Waals surface area contributed by atoms with E-state index < -0.39 is 11.7 Å². The highest BCUT2D eigenvalue weighted by Gasteiger charge is 2.22. The molecular weight excluding hydrogens is 675 g/mol. The van der Waals surface area contributed by atoms with Crippen LogP contribution in [0.25, 0.3) is 0 Å². The number of rotatable bonds is 21. The molecule has 0 radical (unpaired) electrons. The predicted octanol–water partition coefficient (Wildman–Crippen LogP) is 5.58. The zero-order chi connectivity index (χ0) is 38.3. The highest BCUT2D eigenvalue weighted by Crippen LogP contribution is 2.30. The molecular formula is C41H63FN6O5. The van der Waals surface area contributed by atoms with Gasteiger partial charge in [-0.25, -0.2) is 9.87 Å². The lowest BCUT2D eigenvalue weighted by atomic mass is 9.82. The van der Waals surface area contributed by atoms with E-state index in [0.29, 0.717) is 35.4 Å². The number of carbonyl (C=O) groups is 3. The molecule has 1 saturated heterocycles. The van der Waals surface area contributed by atoms with Crippen molar-refractivity contribution in [1.82, 2.24) is 26.0 Å². The van der Waals surface area contributed by atoms with Gasteiger partial charge in [0.15, 0.2) is 6.29 Å². The summed E-state index contributed by atoms with van der Waals surface area (Å²) in [7, 11) is 1.66. The second-order valence-electron chi connectivity index (χ2n) is 14.5. The smallest absolute Gasteiger partial charge is 0.256 e. The van der Waals surface area contributed by atoms with Crippen molar-refractivity contribution < 1.29 is 29.1 Å². The van der Waals surface area contributed by atoms with Gasteiger partial charge in [0.05, 0.1) is 17.4 Å². The lowest BCUT2D eigenvalue weighted by Crippen LogP contribution is -2.40. The summed E-state index contributed by atoms with van der Waals surface area (Å²) in [5, 5.41) is 25.8. The molecule has 0 aromatic heterocycles. The Morgan fingerprint density at radius 1 is 1.00 bits per heavy atom. The fourth-order valence-corrected chi connectivity index (χ4v) is 7.42. The number of piperidine rings is 1. The quantitative estimate of drug-likeness (QED) is 0.0483. The van der Waals surface area contributed by atoms with Gasteiger partial charge in [-0.05, 0) is 68.2 Å². The van der Waals surface area contributed by atoms with Crippen molar-refractivity contribution in [3.8, 4) is 0 Å². The number of hydrogen-bond acceptors (Lipinski definition) is 9. The molecule has 0 spiro atoms. The zero-order valence-electron chi connectivity index (χ0n) is 31.9. The first-order valence-electron chi connectivity index (χ1n) is 19.6. The monoisotopic (exact) mass is 738 g/mol. The number of nitrogens with zero attached hydrogens (tertiary/aromatic N) is 3. The molecule has 2 aromatic carbocycles. The Kier molecular flexibility index (Phi) is 20.9. The van der Waals surface area contributed by atoms with E-state index >= 15 is 0 Å². The van der Waals surface area contributed by atoms with Gasteiger partial charge in [0.1, 0.15) is 5.82 Å². The largest absolute Gasteiger partial charge is 0.393 e. The summed E-state index contributed by atoms with van der Waals surface area (Å²) < 4.78 is 14.8. The van der Waals surface area contributed by atoms with Crippen LogP contribution < -0.4 is 16.2 Å². The Hall–Kier alpha value is -3.71. The number of amides is 2. The number of aliphatic hydroxyl groups excluding tert-OH is 1. The summed E-state index contributed by atoms with van der Waals surface area (Å²) in [6.07, 6.45) is 16.2. The maximum Gasteiger partial charge on any atom is 0.256 e. The first kappa shape index (κ1) is 43.7. The van der Waals surface area contributed by atoms with E-state index in [2.05, 4.69) is 33.1 Å². The lowest BCUT2D eigenvalue weighted by molar-refractivity contribution is -0.109. The zero-order valence-corrected chi connectivity index (χ0v) is 31.9. The first-order valence-corrected chi connectivity index (χ1v) is 19.6. The normalized spacial score (nSPS) is 16.3. The highest BCUT2D eigenvalue weighted by atomic mass is 19.1. The molecule has 1 unspecified atom stereocenters. The van der Waals surface area contributed by atoms with E-state index in [1.54, 1.807) is 31.3 Å². The maximum atomic E-state index is 14.8. The number of aliphatic hydroxyl groups is 1. The standard InChI is InChI=1S/C27H36FN5O4.C14H27NO/c1-29-31-26(23-6-3-2-5-21(23)19-34)18-20-7-8-25(28)24(17-20)27(36)33(16-11-30-37)13-4-12-32-14-9-22(35)10-15-32;1-13(7-5-6-10-15-12-16)11-14-8-3-2-4-9-14/h2-3,5-8,17,19,22,29-30,35,37H,4,9-16,18H2,1H3;12-14H,2-11H2,1H3,(H,15,16)/b31-26-;. The topological polar surface area (TPSA) is 147 Å². The summed E-state index contributed by atoms with van der Waals surface area (Å²) in [6, 6.07) is 11.5. The van der Waals surface area contributed by atoms with Crippen molar-refractivity contribution in [2.45, 2.75) is 96.5 Å². The van der Waals surface area contributed by atoms with E-state index in [0.717, 1.165) is 70.0 Å². The third-order valence-electron chi connectivity index (χ3n) is 10.3. The third kappa shape index (κ3) is 16.1. The minimum absolute atomic E-state index is 0.0518. The number of carbonyl (C=O) groups excluding carboxylic acids is 3. The molecule has 1 aliphatic carbocycles. The molecule has 1 saturated carbocycles. The van der Waals surface area contributed by atoms with Crippen molar-refractivity contribution in [1.29, 1.82) is 0 Å². The molecule has 1 heterocycles. The number of halogens is 1. The fraction of sp³-hybridized carbons (Fsp3) is 0.610. The van der Waals surface area contributed by atoms with Gasteiger partial charge in [0.25, 0.3) is 5.91 Å². The number of aldehydes is 1. The minimum atomic E-state index is -0.624. The fourth-order valence-electron chi connectivity index (χ4n) is 7.42. The lowest BCUT2D eigenvalue weighted by Gasteiger charge is -2.30. The van der Waals surface area contributed by atoms with E-state index in [1.165, 1.54) is 68.4 Å². The van der Waals surface area contributed by atoms with Crippen LogP contribution in [0.15, 0.2) is 47.6 Å². The van der Waals surface area contributed by atoms with Crippen molar-refractivity contribution in [3.05, 3.63) is 70.5 Å². The molecule has 1 atom stereocenters. The van der Waals surface area contributed by atoms with E-state index in [-0.39, 0.29) is 31.2 Å². The van der Waals surface area contributed by atoms with Gasteiger partial charge < -0.3 is 30.9 Å². The Morgan fingerprint density at radius 3 is 2.45 bits per heavy atom. The van der Waals surface area contributed by atoms with Gasteiger partial charge in [0.2, 0.25) is 6.41 Å². The molecule has 2 aromatic rings. The molecule has 294 valence electrons. The molecule has 2 fully saturated rings. The van der Waals surface area contributed by atoms with Crippen molar-refractivity contribution in [2.75, 3.05) is 52.9 Å². The number of likely N-dealkylation sites (tertiary alicyclic amines) is 1. The minimum Gasteiger partial charge on any atom is -0.393 e. The van der Waals surface area contributed by atoms with Crippen LogP contribution in [0.3, 0.4) is 0 Å². The summed E-state index contributed by atoms with van der Waals surface area (Å²) in [5.74, 6) is 0.807. The molecule has 11 nitrogen and oxygen atoms in total. The van der Waals surface area contributed by atoms with Crippen molar-refractivity contribution >= 4 is 24.3 Å². The SMILES string of the molecule is CC(CCCCNC=O)CC1CCCCC1.CN/N=C(/Cc1ccc(F)c(C(=O)N(CCCN2CCC(O)CC2)CCNO)c1)c1ccccc1C=O. The molecule has 1 aliphatic heterocycles. The van der Waals surface area contributed by atoms with Crippen LogP contribution in [0.5, 0.6) is 0 Å². The summed E-state index contributed by atoms with van der Waals surface area (Å²) in [4.78, 5) is 38.7. The van der Waals surface area contributed by atoms with Crippen LogP contribution in [0.4, 0.5) is 4.39 Å². The average Bonchev–Trinajstić information content (AvgIpc) is 3.17. The van der Waals surface area contributed by atoms with Gasteiger partial charge in [-0.15, -0.1) is 0 Å². The van der Waals surface area contributed by atoms with Crippen LogP contribution in [-0.4, -0.2) is 103 Å². The number of hydrazone groups is 1. The van der Waals surface area contributed by atoms with Gasteiger partial charge in [-0.2, -0.15) is 5.10 Å². The number of unbranched alkanes of at least 4 members (excludes halogenated alkanes) is 1. The molecule has 2 amide bonds. The Balaban J connectivity index is 0.000000395. The number of hydrogen-bond donors (Lipinski definition) is 5. The molecule has 2 aliphatic rings. The van der Waals surface area contributed by atoms with Crippen LogP contribution in [0.2, 0.25) is 0 Å². The third-order valence-corrected chi connectivity index (χ3v) is 10.3. The Labute approximate surface area is 315 Å². The van der Waals surface area contributed by atoms with Gasteiger partial charge in [0, 0.05) is 63.9 Å². The number of nitrogens with one attached hydrogen (secondary N) is 3. The average molecular weight is 739 g/mol. The van der Waals surface area contributed by atoms with Gasteiger partial charge in [-0.3, -0.25) is 14.4 Å². The van der Waals surface area contributed by atoms with Crippen LogP contribution >= 0.6 is 0 Å². The van der Waals surface area contributed by atoms with Crippen molar-refractivity contribution in [3.63, 3.8) is 0 Å². The Bertz CT molecular complexity index is 1400. The molecule has 53 heavy (non-hydrogen) atoms. The number of benzene rings is 2. The summed E-state index contributed by atoms with van der Waals surface area (Å²) >= 11 is 0. The van der Waals surface area contributed by atoms with E-state index in [9.17, 15) is 23.9 Å². The maximum absolute atomic E-state index is 14.8. The second-order valence-corrected chi connectivity index (χ2v) is 14.5. The summed E-state index contributed by atoms with van der Waals surface area (Å²) in [5.41, 5.74) is 7.17. The number of hydroxylamine groups is 1. The predicted molar refractivity (Wildman–Crippen MR) is 208 cm³/mol. The van der Waals surface area contributed by atoms with E-state index in [1.807, 2.05) is 6.07 Å². The molecule has 5 N–H and O–H groups in total. The van der Waals surface area contributed by atoms with Crippen LogP contribution in [0.1, 0.15) is 116 Å². The van der Waals surface area contributed by atoms with Gasteiger partial charge in [-0.1, -0.05) is 82.2 Å². The molecule has 4 rings (SSSR count). The van der Waals surface area contributed by atoms with E-state index in [4.69, 9.17) is 5.21 Å².